The highest BCUT2D eigenvalue weighted by molar-refractivity contribution is 5.69. The number of esters is 1. The van der Waals surface area contributed by atoms with E-state index in [1.54, 1.807) is 19.9 Å². The van der Waals surface area contributed by atoms with Crippen LogP contribution in [0.3, 0.4) is 0 Å². The molecule has 0 spiro atoms. The van der Waals surface area contributed by atoms with Crippen molar-refractivity contribution in [3.8, 4) is 0 Å². The van der Waals surface area contributed by atoms with Crippen molar-refractivity contribution in [3.63, 3.8) is 0 Å². The zero-order valence-corrected chi connectivity index (χ0v) is 12.8. The van der Waals surface area contributed by atoms with Crippen molar-refractivity contribution >= 4 is 5.97 Å². The van der Waals surface area contributed by atoms with Gasteiger partial charge in [0.25, 0.3) is 5.95 Å². The predicted octanol–water partition coefficient (Wildman–Crippen LogP) is 2.15. The summed E-state index contributed by atoms with van der Waals surface area (Å²) < 4.78 is 26.7. The maximum absolute atomic E-state index is 11.3. The second kappa shape index (κ2) is 8.69. The van der Waals surface area contributed by atoms with E-state index in [-0.39, 0.29) is 31.0 Å². The van der Waals surface area contributed by atoms with E-state index in [4.69, 9.17) is 23.7 Å². The van der Waals surface area contributed by atoms with Crippen molar-refractivity contribution in [1.82, 2.24) is 0 Å². The molecule has 1 fully saturated rings. The molecule has 0 aromatic rings. The molecule has 6 nitrogen and oxygen atoms in total. The third-order valence-electron chi connectivity index (χ3n) is 2.87. The van der Waals surface area contributed by atoms with Crippen LogP contribution < -0.4 is 0 Å². The molecule has 0 amide bonds. The Morgan fingerprint density at radius 1 is 1.43 bits per heavy atom. The number of hydrogen-bond donors (Lipinski definition) is 0. The van der Waals surface area contributed by atoms with Crippen LogP contribution in [0, 0.1) is 0 Å². The molecule has 1 heterocycles. The summed E-state index contributed by atoms with van der Waals surface area (Å²) in [7, 11) is 0. The quantitative estimate of drug-likeness (QED) is 0.350. The minimum atomic E-state index is -0.788. The van der Waals surface area contributed by atoms with Gasteiger partial charge in [-0.05, 0) is 20.4 Å². The summed E-state index contributed by atoms with van der Waals surface area (Å²) in [5.74, 6) is -0.820. The van der Waals surface area contributed by atoms with Crippen LogP contribution in [0.5, 0.6) is 0 Å². The molecule has 2 unspecified atom stereocenters. The van der Waals surface area contributed by atoms with Crippen molar-refractivity contribution in [2.24, 2.45) is 0 Å². The van der Waals surface area contributed by atoms with E-state index >= 15 is 0 Å². The first-order valence-corrected chi connectivity index (χ1v) is 7.02. The minimum absolute atomic E-state index is 0.221. The molecule has 0 aromatic heterocycles. The average molecular weight is 300 g/mol. The molecule has 1 aliphatic rings. The molecular formula is C15H24O6. The molecule has 0 aromatic carbocycles. The Kier molecular flexibility index (Phi) is 7.25. The van der Waals surface area contributed by atoms with E-state index in [2.05, 4.69) is 13.2 Å². The molecule has 21 heavy (non-hydrogen) atoms. The zero-order chi connectivity index (χ0) is 15.7. The lowest BCUT2D eigenvalue weighted by molar-refractivity contribution is -0.171. The maximum Gasteiger partial charge on any atom is 0.305 e. The van der Waals surface area contributed by atoms with Gasteiger partial charge in [0, 0.05) is 6.42 Å². The third kappa shape index (κ3) is 6.64. The number of carbonyl (C=O) groups excluding carboxylic acids is 1. The first-order valence-electron chi connectivity index (χ1n) is 7.02. The lowest BCUT2D eigenvalue weighted by Gasteiger charge is -2.22. The molecule has 2 atom stereocenters. The molecule has 1 aliphatic heterocycles. The Labute approximate surface area is 125 Å². The fourth-order valence-corrected chi connectivity index (χ4v) is 1.84. The SMILES string of the molecule is C=CCOC(=C)OCC1COC(C)(CCC(=O)OCC)O1. The fraction of sp³-hybridized carbons (Fsp3) is 0.667. The first kappa shape index (κ1) is 17.5. The summed E-state index contributed by atoms with van der Waals surface area (Å²) in [5.41, 5.74) is 0. The Bertz CT molecular complexity index is 367. The average Bonchev–Trinajstić information content (AvgIpc) is 2.83. The fourth-order valence-electron chi connectivity index (χ4n) is 1.84. The van der Waals surface area contributed by atoms with E-state index in [1.165, 1.54) is 0 Å². The molecule has 0 saturated carbocycles. The maximum atomic E-state index is 11.3. The van der Waals surface area contributed by atoms with Gasteiger partial charge in [0.1, 0.15) is 19.3 Å². The van der Waals surface area contributed by atoms with Gasteiger partial charge >= 0.3 is 5.97 Å². The highest BCUT2D eigenvalue weighted by atomic mass is 16.8. The molecule has 0 bridgehead atoms. The zero-order valence-electron chi connectivity index (χ0n) is 12.8. The first-order chi connectivity index (χ1) is 9.99. The Hall–Kier alpha value is -1.53. The second-order valence-electron chi connectivity index (χ2n) is 4.77. The summed E-state index contributed by atoms with van der Waals surface area (Å²) in [6.45, 7) is 12.1. The van der Waals surface area contributed by atoms with E-state index in [9.17, 15) is 4.79 Å². The summed E-state index contributed by atoms with van der Waals surface area (Å²) in [4.78, 5) is 11.3. The van der Waals surface area contributed by atoms with E-state index in [0.29, 0.717) is 26.2 Å². The van der Waals surface area contributed by atoms with Crippen molar-refractivity contribution in [3.05, 3.63) is 25.2 Å². The summed E-state index contributed by atoms with van der Waals surface area (Å²) in [6.07, 6.45) is 2.08. The number of ether oxygens (including phenoxy) is 5. The monoisotopic (exact) mass is 300 g/mol. The van der Waals surface area contributed by atoms with Gasteiger partial charge in [0.05, 0.1) is 19.6 Å². The van der Waals surface area contributed by atoms with Gasteiger partial charge in [-0.25, -0.2) is 0 Å². The van der Waals surface area contributed by atoms with Crippen LogP contribution >= 0.6 is 0 Å². The van der Waals surface area contributed by atoms with Crippen molar-refractivity contribution in [2.75, 3.05) is 26.4 Å². The molecule has 0 radical (unpaired) electrons. The summed E-state index contributed by atoms with van der Waals surface area (Å²) in [5, 5.41) is 0. The molecule has 120 valence electrons. The van der Waals surface area contributed by atoms with E-state index in [1.807, 2.05) is 0 Å². The molecular weight excluding hydrogens is 276 g/mol. The molecule has 6 heteroatoms. The van der Waals surface area contributed by atoms with Gasteiger partial charge in [-0.15, -0.1) is 0 Å². The second-order valence-corrected chi connectivity index (χ2v) is 4.77. The number of rotatable bonds is 10. The van der Waals surface area contributed by atoms with Crippen LogP contribution in [-0.2, 0) is 28.5 Å². The van der Waals surface area contributed by atoms with Crippen molar-refractivity contribution in [1.29, 1.82) is 0 Å². The molecule has 0 aliphatic carbocycles. The van der Waals surface area contributed by atoms with Crippen molar-refractivity contribution < 1.29 is 28.5 Å². The standard InChI is InChI=1S/C15H24O6/c1-5-9-18-12(3)19-10-13-11-20-15(4,21-13)8-7-14(16)17-6-2/h5,13H,1,3,6-11H2,2,4H3. The van der Waals surface area contributed by atoms with Gasteiger partial charge in [-0.2, -0.15) is 0 Å². The van der Waals surface area contributed by atoms with Gasteiger partial charge in [-0.3, -0.25) is 4.79 Å². The minimum Gasteiger partial charge on any atom is -0.466 e. The lowest BCUT2D eigenvalue weighted by Crippen LogP contribution is -2.29. The van der Waals surface area contributed by atoms with Gasteiger partial charge in [0.2, 0.25) is 0 Å². The van der Waals surface area contributed by atoms with Crippen LogP contribution in [0.25, 0.3) is 0 Å². The lowest BCUT2D eigenvalue weighted by atomic mass is 10.2. The highest BCUT2D eigenvalue weighted by Gasteiger charge is 2.37. The Balaban J connectivity index is 2.25. The molecule has 1 saturated heterocycles. The van der Waals surface area contributed by atoms with Crippen LogP contribution in [-0.4, -0.2) is 44.3 Å². The van der Waals surface area contributed by atoms with Gasteiger partial charge in [0.15, 0.2) is 5.79 Å². The smallest absolute Gasteiger partial charge is 0.305 e. The summed E-state index contributed by atoms with van der Waals surface area (Å²) >= 11 is 0. The Morgan fingerprint density at radius 2 is 2.19 bits per heavy atom. The van der Waals surface area contributed by atoms with E-state index < -0.39 is 5.79 Å². The van der Waals surface area contributed by atoms with Crippen LogP contribution in [0.2, 0.25) is 0 Å². The van der Waals surface area contributed by atoms with E-state index in [0.717, 1.165) is 0 Å². The Morgan fingerprint density at radius 3 is 2.86 bits per heavy atom. The highest BCUT2D eigenvalue weighted by Crippen LogP contribution is 2.28. The van der Waals surface area contributed by atoms with Crippen LogP contribution in [0.15, 0.2) is 25.2 Å². The normalized spacial score (nSPS) is 24.4. The van der Waals surface area contributed by atoms with Crippen molar-refractivity contribution in [2.45, 2.75) is 38.6 Å². The topological polar surface area (TPSA) is 63.2 Å². The largest absolute Gasteiger partial charge is 0.466 e. The number of hydrogen-bond acceptors (Lipinski definition) is 6. The summed E-state index contributed by atoms with van der Waals surface area (Å²) in [6, 6.07) is 0. The van der Waals surface area contributed by atoms with Gasteiger partial charge in [-0.1, -0.05) is 12.7 Å². The third-order valence-corrected chi connectivity index (χ3v) is 2.87. The van der Waals surface area contributed by atoms with Gasteiger partial charge < -0.3 is 23.7 Å². The van der Waals surface area contributed by atoms with Crippen LogP contribution in [0.1, 0.15) is 26.7 Å². The number of carbonyl (C=O) groups is 1. The molecule has 1 rings (SSSR count). The van der Waals surface area contributed by atoms with Crippen LogP contribution in [0.4, 0.5) is 0 Å². The molecule has 0 N–H and O–H groups in total. The predicted molar refractivity (Wildman–Crippen MR) is 76.3 cm³/mol.